The molecule has 1 amide bonds. The molecule has 1 N–H and O–H groups in total. The zero-order valence-electron chi connectivity index (χ0n) is 13.4. The third-order valence-corrected chi connectivity index (χ3v) is 3.57. The number of aromatic nitrogens is 5. The van der Waals surface area contributed by atoms with E-state index in [0.717, 1.165) is 12.1 Å². The molecule has 0 bridgehead atoms. The highest BCUT2D eigenvalue weighted by Gasteiger charge is 2.09. The Morgan fingerprint density at radius 3 is 2.58 bits per heavy atom. The maximum atomic E-state index is 12.2. The van der Waals surface area contributed by atoms with Crippen LogP contribution in [-0.2, 0) is 6.42 Å². The largest absolute Gasteiger partial charge is 0.321 e. The normalized spacial score (nSPS) is 10.5. The summed E-state index contributed by atoms with van der Waals surface area (Å²) in [4.78, 5) is 16.1. The minimum Gasteiger partial charge on any atom is -0.321 e. The van der Waals surface area contributed by atoms with Gasteiger partial charge < -0.3 is 5.32 Å². The zero-order chi connectivity index (χ0) is 16.8. The second-order valence-corrected chi connectivity index (χ2v) is 5.37. The SMILES string of the molecule is CCCCc1ccc(NC(=O)c2ccc(-n3cncn3)nn2)cc1. The molecular weight excluding hydrogens is 304 g/mol. The zero-order valence-corrected chi connectivity index (χ0v) is 13.4. The predicted octanol–water partition coefficient (Wildman–Crippen LogP) is 2.65. The molecule has 3 aromatic rings. The monoisotopic (exact) mass is 322 g/mol. The summed E-state index contributed by atoms with van der Waals surface area (Å²) in [6, 6.07) is 11.1. The Hall–Kier alpha value is -3.09. The first-order valence-electron chi connectivity index (χ1n) is 7.85. The van der Waals surface area contributed by atoms with E-state index in [4.69, 9.17) is 0 Å². The van der Waals surface area contributed by atoms with Crippen LogP contribution >= 0.6 is 0 Å². The topological polar surface area (TPSA) is 85.6 Å². The van der Waals surface area contributed by atoms with Crippen molar-refractivity contribution >= 4 is 11.6 Å². The Bertz CT molecular complexity index is 781. The third kappa shape index (κ3) is 3.81. The minimum atomic E-state index is -0.297. The molecule has 0 fully saturated rings. The van der Waals surface area contributed by atoms with E-state index in [1.165, 1.54) is 35.7 Å². The highest BCUT2D eigenvalue weighted by Crippen LogP contribution is 2.13. The van der Waals surface area contributed by atoms with Crippen molar-refractivity contribution in [1.82, 2.24) is 25.0 Å². The first kappa shape index (κ1) is 15.8. The highest BCUT2D eigenvalue weighted by atomic mass is 16.1. The molecule has 0 atom stereocenters. The number of unbranched alkanes of at least 4 members (excludes halogenated alkanes) is 1. The lowest BCUT2D eigenvalue weighted by atomic mass is 10.1. The summed E-state index contributed by atoms with van der Waals surface area (Å²) in [5.41, 5.74) is 2.25. The number of amides is 1. The smallest absolute Gasteiger partial charge is 0.276 e. The summed E-state index contributed by atoms with van der Waals surface area (Å²) < 4.78 is 1.48. The molecule has 24 heavy (non-hydrogen) atoms. The number of nitrogens with one attached hydrogen (secondary N) is 1. The number of nitrogens with zero attached hydrogens (tertiary/aromatic N) is 5. The van der Waals surface area contributed by atoms with Crippen LogP contribution in [0.15, 0.2) is 49.1 Å². The van der Waals surface area contributed by atoms with Gasteiger partial charge >= 0.3 is 0 Å². The maximum Gasteiger partial charge on any atom is 0.276 e. The first-order chi connectivity index (χ1) is 11.8. The molecule has 0 aliphatic carbocycles. The van der Waals surface area contributed by atoms with Crippen LogP contribution in [-0.4, -0.2) is 30.9 Å². The number of rotatable bonds is 6. The summed E-state index contributed by atoms with van der Waals surface area (Å²) >= 11 is 0. The molecule has 3 rings (SSSR count). The van der Waals surface area contributed by atoms with Crippen molar-refractivity contribution < 1.29 is 4.79 Å². The van der Waals surface area contributed by atoms with Gasteiger partial charge in [0.05, 0.1) is 0 Å². The fourth-order valence-electron chi connectivity index (χ4n) is 2.23. The Labute approximate surface area is 139 Å². The molecule has 0 aliphatic heterocycles. The number of carbonyl (C=O) groups excluding carboxylic acids is 1. The van der Waals surface area contributed by atoms with E-state index in [1.54, 1.807) is 12.1 Å². The second kappa shape index (κ2) is 7.45. The van der Waals surface area contributed by atoms with Crippen molar-refractivity contribution in [2.75, 3.05) is 5.32 Å². The van der Waals surface area contributed by atoms with Crippen molar-refractivity contribution in [1.29, 1.82) is 0 Å². The van der Waals surface area contributed by atoms with Crippen molar-refractivity contribution in [3.05, 3.63) is 60.3 Å². The Morgan fingerprint density at radius 1 is 1.12 bits per heavy atom. The molecule has 2 aromatic heterocycles. The molecule has 0 saturated carbocycles. The fourth-order valence-corrected chi connectivity index (χ4v) is 2.23. The van der Waals surface area contributed by atoms with Crippen molar-refractivity contribution in [2.24, 2.45) is 0 Å². The van der Waals surface area contributed by atoms with Gasteiger partial charge in [0, 0.05) is 5.69 Å². The molecule has 122 valence electrons. The van der Waals surface area contributed by atoms with Crippen LogP contribution in [0.2, 0.25) is 0 Å². The van der Waals surface area contributed by atoms with Crippen LogP contribution in [0.4, 0.5) is 5.69 Å². The van der Waals surface area contributed by atoms with E-state index >= 15 is 0 Å². The van der Waals surface area contributed by atoms with Gasteiger partial charge in [-0.05, 0) is 42.7 Å². The number of benzene rings is 1. The number of carbonyl (C=O) groups is 1. The van der Waals surface area contributed by atoms with Gasteiger partial charge in [-0.25, -0.2) is 9.67 Å². The lowest BCUT2D eigenvalue weighted by molar-refractivity contribution is 0.102. The third-order valence-electron chi connectivity index (χ3n) is 3.57. The first-order valence-corrected chi connectivity index (χ1v) is 7.85. The highest BCUT2D eigenvalue weighted by molar-refractivity contribution is 6.02. The molecule has 0 spiro atoms. The van der Waals surface area contributed by atoms with Gasteiger partial charge in [-0.15, -0.1) is 10.2 Å². The number of hydrogen-bond donors (Lipinski definition) is 1. The van der Waals surface area contributed by atoms with Gasteiger partial charge in [0.1, 0.15) is 12.7 Å². The summed E-state index contributed by atoms with van der Waals surface area (Å²) in [5, 5.41) is 14.7. The van der Waals surface area contributed by atoms with Crippen LogP contribution in [0.3, 0.4) is 0 Å². The molecule has 0 saturated heterocycles. The predicted molar refractivity (Wildman–Crippen MR) is 90.0 cm³/mol. The van der Waals surface area contributed by atoms with Crippen molar-refractivity contribution in [2.45, 2.75) is 26.2 Å². The fraction of sp³-hybridized carbons (Fsp3) is 0.235. The van der Waals surface area contributed by atoms with Crippen LogP contribution in [0, 0.1) is 0 Å². The molecule has 2 heterocycles. The van der Waals surface area contributed by atoms with Gasteiger partial charge in [-0.2, -0.15) is 5.10 Å². The number of aryl methyl sites for hydroxylation is 1. The van der Waals surface area contributed by atoms with Crippen LogP contribution in [0.5, 0.6) is 0 Å². The van der Waals surface area contributed by atoms with Gasteiger partial charge in [0.15, 0.2) is 11.5 Å². The van der Waals surface area contributed by atoms with Crippen LogP contribution in [0.25, 0.3) is 5.82 Å². The Morgan fingerprint density at radius 2 is 1.96 bits per heavy atom. The molecule has 7 nitrogen and oxygen atoms in total. The minimum absolute atomic E-state index is 0.244. The van der Waals surface area contributed by atoms with E-state index in [2.05, 4.69) is 32.5 Å². The molecule has 0 unspecified atom stereocenters. The van der Waals surface area contributed by atoms with E-state index in [-0.39, 0.29) is 11.6 Å². The summed E-state index contributed by atoms with van der Waals surface area (Å²) in [6.45, 7) is 2.17. The lowest BCUT2D eigenvalue weighted by Gasteiger charge is -2.06. The second-order valence-electron chi connectivity index (χ2n) is 5.37. The summed E-state index contributed by atoms with van der Waals surface area (Å²) in [5.74, 6) is 0.207. The summed E-state index contributed by atoms with van der Waals surface area (Å²) in [7, 11) is 0. The molecular formula is C17H18N6O. The Kier molecular flexibility index (Phi) is 4.90. The molecule has 0 radical (unpaired) electrons. The van der Waals surface area contributed by atoms with Crippen LogP contribution < -0.4 is 5.32 Å². The molecule has 0 aliphatic rings. The molecule has 7 heteroatoms. The van der Waals surface area contributed by atoms with Gasteiger partial charge in [-0.1, -0.05) is 25.5 Å². The average molecular weight is 322 g/mol. The quantitative estimate of drug-likeness (QED) is 0.754. The van der Waals surface area contributed by atoms with E-state index in [0.29, 0.717) is 5.82 Å². The molecule has 1 aromatic carbocycles. The lowest BCUT2D eigenvalue weighted by Crippen LogP contribution is -2.15. The van der Waals surface area contributed by atoms with E-state index in [9.17, 15) is 4.79 Å². The van der Waals surface area contributed by atoms with Gasteiger partial charge in [-0.3, -0.25) is 4.79 Å². The average Bonchev–Trinajstić information content (AvgIpc) is 3.16. The Balaban J connectivity index is 1.64. The van der Waals surface area contributed by atoms with Gasteiger partial charge in [0.25, 0.3) is 5.91 Å². The van der Waals surface area contributed by atoms with Crippen molar-refractivity contribution in [3.63, 3.8) is 0 Å². The van der Waals surface area contributed by atoms with Gasteiger partial charge in [0.2, 0.25) is 0 Å². The van der Waals surface area contributed by atoms with Crippen LogP contribution in [0.1, 0.15) is 35.8 Å². The number of anilines is 1. The van der Waals surface area contributed by atoms with E-state index in [1.807, 2.05) is 24.3 Å². The summed E-state index contributed by atoms with van der Waals surface area (Å²) in [6.07, 6.45) is 6.32. The van der Waals surface area contributed by atoms with E-state index < -0.39 is 0 Å². The standard InChI is InChI=1S/C17H18N6O/c1-2-3-4-13-5-7-14(8-6-13)20-17(24)15-9-10-16(22-21-15)23-12-18-11-19-23/h5-12H,2-4H2,1H3,(H,20,24). The maximum absolute atomic E-state index is 12.2. The number of hydrogen-bond acceptors (Lipinski definition) is 5. The van der Waals surface area contributed by atoms with Crippen molar-refractivity contribution in [3.8, 4) is 5.82 Å².